The molecule has 2 atom stereocenters. The zero-order chi connectivity index (χ0) is 22.0. The molecular formula is C22H26F2N6O. The van der Waals surface area contributed by atoms with E-state index in [4.69, 9.17) is 10.7 Å². The van der Waals surface area contributed by atoms with Gasteiger partial charge in [0.15, 0.2) is 0 Å². The van der Waals surface area contributed by atoms with Crippen molar-refractivity contribution in [2.45, 2.75) is 50.6 Å². The van der Waals surface area contributed by atoms with Crippen LogP contribution in [0.3, 0.4) is 0 Å². The van der Waals surface area contributed by atoms with Crippen molar-refractivity contribution in [1.29, 1.82) is 0 Å². The second-order valence-electron chi connectivity index (χ2n) is 8.06. The molecule has 9 heteroatoms. The van der Waals surface area contributed by atoms with Crippen LogP contribution in [0, 0.1) is 6.92 Å². The van der Waals surface area contributed by atoms with Crippen molar-refractivity contribution in [2.75, 3.05) is 11.9 Å². The van der Waals surface area contributed by atoms with Crippen molar-refractivity contribution in [3.05, 3.63) is 42.2 Å². The van der Waals surface area contributed by atoms with Crippen molar-refractivity contribution >= 4 is 22.8 Å². The minimum absolute atomic E-state index is 0.0240. The van der Waals surface area contributed by atoms with E-state index < -0.39 is 18.4 Å². The SMILES string of the molecule is Cc1cnc(N[C@@H]2CCC[C@H](NC(=O)C(F)(F)CN)C2)nc1-c1c[nH]c2ccccc12. The molecule has 164 valence electrons. The van der Waals surface area contributed by atoms with Gasteiger partial charge in [-0.2, -0.15) is 8.78 Å². The second-order valence-corrected chi connectivity index (χ2v) is 8.06. The number of fused-ring (bicyclic) bond motifs is 1. The van der Waals surface area contributed by atoms with E-state index in [1.165, 1.54) is 0 Å². The highest BCUT2D eigenvalue weighted by atomic mass is 19.3. The zero-order valence-corrected chi connectivity index (χ0v) is 17.3. The molecule has 2 aromatic heterocycles. The number of nitrogens with one attached hydrogen (secondary N) is 3. The van der Waals surface area contributed by atoms with Crippen molar-refractivity contribution < 1.29 is 13.6 Å². The van der Waals surface area contributed by atoms with Crippen molar-refractivity contribution in [3.63, 3.8) is 0 Å². The molecule has 4 rings (SSSR count). The molecule has 0 unspecified atom stereocenters. The molecule has 1 saturated carbocycles. The molecule has 2 heterocycles. The number of nitrogens with two attached hydrogens (primary N) is 1. The topological polar surface area (TPSA) is 109 Å². The van der Waals surface area contributed by atoms with Gasteiger partial charge in [-0.3, -0.25) is 4.79 Å². The van der Waals surface area contributed by atoms with Gasteiger partial charge in [-0.25, -0.2) is 9.97 Å². The molecule has 1 aliphatic rings. The summed E-state index contributed by atoms with van der Waals surface area (Å²) in [5, 5.41) is 6.83. The summed E-state index contributed by atoms with van der Waals surface area (Å²) in [4.78, 5) is 24.2. The van der Waals surface area contributed by atoms with Crippen LogP contribution in [0.15, 0.2) is 36.7 Å². The Kier molecular flexibility index (Phi) is 5.86. The van der Waals surface area contributed by atoms with Gasteiger partial charge in [0.05, 0.1) is 12.2 Å². The second kappa shape index (κ2) is 8.58. The molecule has 0 radical (unpaired) electrons. The summed E-state index contributed by atoms with van der Waals surface area (Å²) in [6.07, 6.45) is 6.53. The highest BCUT2D eigenvalue weighted by molar-refractivity contribution is 5.95. The quantitative estimate of drug-likeness (QED) is 0.481. The summed E-state index contributed by atoms with van der Waals surface area (Å²) >= 11 is 0. The van der Waals surface area contributed by atoms with Gasteiger partial charge in [0, 0.05) is 40.9 Å². The van der Waals surface area contributed by atoms with E-state index in [-0.39, 0.29) is 12.1 Å². The van der Waals surface area contributed by atoms with Crippen LogP contribution < -0.4 is 16.4 Å². The van der Waals surface area contributed by atoms with E-state index in [0.717, 1.165) is 40.6 Å². The number of H-pyrrole nitrogens is 1. The number of hydrogen-bond donors (Lipinski definition) is 4. The van der Waals surface area contributed by atoms with Crippen LogP contribution in [0.1, 0.15) is 31.2 Å². The molecule has 31 heavy (non-hydrogen) atoms. The lowest BCUT2D eigenvalue weighted by Gasteiger charge is -2.31. The summed E-state index contributed by atoms with van der Waals surface area (Å²) in [6, 6.07) is 7.66. The molecule has 5 N–H and O–H groups in total. The molecular weight excluding hydrogens is 402 g/mol. The molecule has 1 aliphatic carbocycles. The van der Waals surface area contributed by atoms with Gasteiger partial charge >= 0.3 is 5.92 Å². The van der Waals surface area contributed by atoms with Gasteiger partial charge in [-0.05, 0) is 44.2 Å². The number of para-hydroxylation sites is 1. The number of aromatic nitrogens is 3. The molecule has 0 spiro atoms. The van der Waals surface area contributed by atoms with Gasteiger partial charge < -0.3 is 21.4 Å². The zero-order valence-electron chi connectivity index (χ0n) is 17.3. The largest absolute Gasteiger partial charge is 0.360 e. The monoisotopic (exact) mass is 428 g/mol. The number of carbonyl (C=O) groups excluding carboxylic acids is 1. The molecule has 0 bridgehead atoms. The van der Waals surface area contributed by atoms with Gasteiger partial charge in [0.2, 0.25) is 5.95 Å². The van der Waals surface area contributed by atoms with Gasteiger partial charge in [-0.1, -0.05) is 18.2 Å². The van der Waals surface area contributed by atoms with Crippen molar-refractivity contribution in [3.8, 4) is 11.3 Å². The number of rotatable bonds is 6. The third-order valence-electron chi connectivity index (χ3n) is 5.75. The summed E-state index contributed by atoms with van der Waals surface area (Å²) < 4.78 is 27.0. The lowest BCUT2D eigenvalue weighted by Crippen LogP contribution is -2.51. The first-order chi connectivity index (χ1) is 14.9. The van der Waals surface area contributed by atoms with Crippen molar-refractivity contribution in [2.24, 2.45) is 5.73 Å². The fourth-order valence-electron chi connectivity index (χ4n) is 4.07. The van der Waals surface area contributed by atoms with E-state index in [2.05, 4.69) is 20.6 Å². The molecule has 1 aromatic carbocycles. The Morgan fingerprint density at radius 1 is 1.29 bits per heavy atom. The normalized spacial score (nSPS) is 19.4. The van der Waals surface area contributed by atoms with Gasteiger partial charge in [0.25, 0.3) is 5.91 Å². The highest BCUT2D eigenvalue weighted by Gasteiger charge is 2.38. The highest BCUT2D eigenvalue weighted by Crippen LogP contribution is 2.30. The Hall–Kier alpha value is -3.07. The number of hydrogen-bond acceptors (Lipinski definition) is 5. The first-order valence-corrected chi connectivity index (χ1v) is 10.4. The predicted molar refractivity (Wildman–Crippen MR) is 116 cm³/mol. The molecule has 1 amide bonds. The number of benzene rings is 1. The summed E-state index contributed by atoms with van der Waals surface area (Å²) in [5.41, 5.74) is 8.81. The van der Waals surface area contributed by atoms with Crippen LogP contribution in [0.5, 0.6) is 0 Å². The van der Waals surface area contributed by atoms with Gasteiger partial charge in [-0.15, -0.1) is 0 Å². The van der Waals surface area contributed by atoms with E-state index in [9.17, 15) is 13.6 Å². The average molecular weight is 428 g/mol. The Balaban J connectivity index is 1.48. The number of anilines is 1. The van der Waals surface area contributed by atoms with E-state index in [0.29, 0.717) is 18.8 Å². The Morgan fingerprint density at radius 3 is 2.87 bits per heavy atom. The molecule has 3 aromatic rings. The van der Waals surface area contributed by atoms with Crippen LogP contribution >= 0.6 is 0 Å². The number of halogens is 2. The Bertz CT molecular complexity index is 1080. The van der Waals surface area contributed by atoms with Crippen LogP contribution in [-0.4, -0.2) is 45.4 Å². The number of nitrogens with zero attached hydrogens (tertiary/aromatic N) is 2. The molecule has 0 saturated heterocycles. The average Bonchev–Trinajstić information content (AvgIpc) is 3.19. The Labute approximate surface area is 178 Å². The molecule has 1 fully saturated rings. The number of alkyl halides is 2. The minimum Gasteiger partial charge on any atom is -0.360 e. The summed E-state index contributed by atoms with van der Waals surface area (Å²) in [7, 11) is 0. The maximum Gasteiger partial charge on any atom is 0.336 e. The number of carbonyl (C=O) groups is 1. The van der Waals surface area contributed by atoms with Crippen LogP contribution in [0.2, 0.25) is 0 Å². The van der Waals surface area contributed by atoms with Gasteiger partial charge in [0.1, 0.15) is 0 Å². The maximum atomic E-state index is 13.5. The Morgan fingerprint density at radius 2 is 2.06 bits per heavy atom. The standard InChI is InChI=1S/C22H26F2N6O/c1-13-10-27-21(30-19(13)17-11-26-18-8-3-2-7-16(17)18)29-15-6-4-5-14(9-15)28-20(31)22(23,24)12-25/h2-3,7-8,10-11,14-15,26H,4-6,9,12,25H2,1H3,(H,28,31)(H,27,29,30)/t14-,15+/m0/s1. The minimum atomic E-state index is -3.55. The fourth-order valence-corrected chi connectivity index (χ4v) is 4.07. The van der Waals surface area contributed by atoms with Crippen molar-refractivity contribution in [1.82, 2.24) is 20.3 Å². The van der Waals surface area contributed by atoms with Crippen LogP contribution in [-0.2, 0) is 4.79 Å². The third-order valence-corrected chi connectivity index (χ3v) is 5.75. The number of aryl methyl sites for hydroxylation is 1. The molecule has 0 aliphatic heterocycles. The summed E-state index contributed by atoms with van der Waals surface area (Å²) in [6.45, 7) is 0.964. The third kappa shape index (κ3) is 4.51. The lowest BCUT2D eigenvalue weighted by molar-refractivity contribution is -0.145. The maximum absolute atomic E-state index is 13.5. The van der Waals surface area contributed by atoms with E-state index >= 15 is 0 Å². The smallest absolute Gasteiger partial charge is 0.336 e. The van der Waals surface area contributed by atoms with Crippen LogP contribution in [0.4, 0.5) is 14.7 Å². The first-order valence-electron chi connectivity index (χ1n) is 10.4. The summed E-state index contributed by atoms with van der Waals surface area (Å²) in [5.74, 6) is -4.38. The lowest BCUT2D eigenvalue weighted by atomic mass is 9.91. The predicted octanol–water partition coefficient (Wildman–Crippen LogP) is 3.37. The molecule has 7 nitrogen and oxygen atoms in total. The number of aromatic amines is 1. The van der Waals surface area contributed by atoms with Crippen LogP contribution in [0.25, 0.3) is 22.2 Å². The number of amides is 1. The first kappa shape index (κ1) is 21.2. The van der Waals surface area contributed by atoms with E-state index in [1.54, 1.807) is 6.20 Å². The fraction of sp³-hybridized carbons (Fsp3) is 0.409. The van der Waals surface area contributed by atoms with E-state index in [1.807, 2.05) is 37.4 Å².